The molecule has 8 heteroatoms. The van der Waals surface area contributed by atoms with E-state index in [9.17, 15) is 18.6 Å². The predicted molar refractivity (Wildman–Crippen MR) is 97.5 cm³/mol. The summed E-state index contributed by atoms with van der Waals surface area (Å²) in [7, 11) is 0.580. The van der Waals surface area contributed by atoms with Crippen LogP contribution in [0.2, 0.25) is 0 Å². The van der Waals surface area contributed by atoms with E-state index >= 15 is 0 Å². The SMILES string of the molecule is COc1ccc(CS(=O)(=O)/C=C/c2c(OC)cc(O)cc2OC)cc1O. The first-order valence-electron chi connectivity index (χ1n) is 7.51. The number of ether oxygens (including phenoxy) is 3. The number of hydrogen-bond donors (Lipinski definition) is 2. The lowest BCUT2D eigenvalue weighted by atomic mass is 10.1. The maximum absolute atomic E-state index is 12.4. The Kier molecular flexibility index (Phi) is 5.99. The molecular formula is C18H20O7S. The van der Waals surface area contributed by atoms with Crippen LogP contribution in [-0.2, 0) is 15.6 Å². The summed E-state index contributed by atoms with van der Waals surface area (Å²) in [5.74, 6) is 0.313. The number of sulfone groups is 1. The van der Waals surface area contributed by atoms with E-state index in [1.54, 1.807) is 6.07 Å². The first kappa shape index (κ1) is 19.5. The van der Waals surface area contributed by atoms with Crippen LogP contribution < -0.4 is 14.2 Å². The van der Waals surface area contributed by atoms with Gasteiger partial charge >= 0.3 is 0 Å². The number of methoxy groups -OCH3 is 3. The molecular weight excluding hydrogens is 360 g/mol. The average Bonchev–Trinajstić information content (AvgIpc) is 2.59. The lowest BCUT2D eigenvalue weighted by Crippen LogP contribution is -2.00. The van der Waals surface area contributed by atoms with Gasteiger partial charge in [0.15, 0.2) is 21.3 Å². The van der Waals surface area contributed by atoms with Gasteiger partial charge in [0.1, 0.15) is 17.2 Å². The Morgan fingerprint density at radius 1 is 0.923 bits per heavy atom. The maximum Gasteiger partial charge on any atom is 0.175 e. The number of phenolic OH excluding ortho intramolecular Hbond substituents is 2. The molecule has 2 aromatic carbocycles. The summed E-state index contributed by atoms with van der Waals surface area (Å²) in [5.41, 5.74) is 0.798. The van der Waals surface area contributed by atoms with Crippen molar-refractivity contribution < 1.29 is 32.8 Å². The van der Waals surface area contributed by atoms with Crippen molar-refractivity contribution in [3.8, 4) is 28.7 Å². The van der Waals surface area contributed by atoms with Gasteiger partial charge in [-0.25, -0.2) is 8.42 Å². The highest BCUT2D eigenvalue weighted by molar-refractivity contribution is 7.93. The van der Waals surface area contributed by atoms with Crippen LogP contribution in [-0.4, -0.2) is 40.0 Å². The van der Waals surface area contributed by atoms with Gasteiger partial charge in [0.25, 0.3) is 0 Å². The van der Waals surface area contributed by atoms with Crippen LogP contribution in [0.5, 0.6) is 28.7 Å². The van der Waals surface area contributed by atoms with Crippen LogP contribution in [0.3, 0.4) is 0 Å². The number of benzene rings is 2. The zero-order chi connectivity index (χ0) is 19.3. The Morgan fingerprint density at radius 2 is 1.50 bits per heavy atom. The topological polar surface area (TPSA) is 102 Å². The third-order valence-corrected chi connectivity index (χ3v) is 4.87. The predicted octanol–water partition coefficient (Wildman–Crippen LogP) is 2.71. The highest BCUT2D eigenvalue weighted by atomic mass is 32.2. The second-order valence-corrected chi connectivity index (χ2v) is 7.27. The Labute approximate surface area is 152 Å². The molecule has 2 aromatic rings. The molecule has 0 aliphatic rings. The molecule has 2 rings (SSSR count). The second-order valence-electron chi connectivity index (χ2n) is 5.38. The third kappa shape index (κ3) is 4.60. The molecule has 0 amide bonds. The molecule has 26 heavy (non-hydrogen) atoms. The number of aromatic hydroxyl groups is 2. The Balaban J connectivity index is 2.31. The van der Waals surface area contributed by atoms with Crippen molar-refractivity contribution in [1.29, 1.82) is 0 Å². The molecule has 0 saturated heterocycles. The lowest BCUT2D eigenvalue weighted by molar-refractivity contribution is 0.373. The van der Waals surface area contributed by atoms with Gasteiger partial charge in [0.2, 0.25) is 0 Å². The van der Waals surface area contributed by atoms with Gasteiger partial charge in [-0.3, -0.25) is 0 Å². The summed E-state index contributed by atoms with van der Waals surface area (Å²) < 4.78 is 40.0. The molecule has 0 aliphatic carbocycles. The Morgan fingerprint density at radius 3 is 2.00 bits per heavy atom. The molecule has 2 N–H and O–H groups in total. The zero-order valence-corrected chi connectivity index (χ0v) is 15.4. The molecule has 140 valence electrons. The minimum atomic E-state index is -3.64. The summed E-state index contributed by atoms with van der Waals surface area (Å²) in [5, 5.41) is 20.4. The van der Waals surface area contributed by atoms with Gasteiger partial charge in [-0.05, 0) is 23.8 Å². The largest absolute Gasteiger partial charge is 0.508 e. The molecule has 0 radical (unpaired) electrons. The first-order valence-corrected chi connectivity index (χ1v) is 9.23. The molecule has 0 aliphatic heterocycles. The molecule has 0 aromatic heterocycles. The third-order valence-electron chi connectivity index (χ3n) is 3.58. The van der Waals surface area contributed by atoms with Gasteiger partial charge in [-0.1, -0.05) is 6.07 Å². The van der Waals surface area contributed by atoms with E-state index in [-0.39, 0.29) is 34.5 Å². The fourth-order valence-corrected chi connectivity index (χ4v) is 3.45. The van der Waals surface area contributed by atoms with Crippen LogP contribution in [0, 0.1) is 0 Å². The van der Waals surface area contributed by atoms with Crippen molar-refractivity contribution in [2.45, 2.75) is 5.75 Å². The highest BCUT2D eigenvalue weighted by Crippen LogP contribution is 2.35. The minimum Gasteiger partial charge on any atom is -0.508 e. The first-order chi connectivity index (χ1) is 12.3. The summed E-state index contributed by atoms with van der Waals surface area (Å²) >= 11 is 0. The van der Waals surface area contributed by atoms with E-state index in [0.29, 0.717) is 11.1 Å². The van der Waals surface area contributed by atoms with E-state index < -0.39 is 9.84 Å². The lowest BCUT2D eigenvalue weighted by Gasteiger charge is -2.11. The molecule has 0 spiro atoms. The summed E-state index contributed by atoms with van der Waals surface area (Å²) in [6.07, 6.45) is 1.34. The van der Waals surface area contributed by atoms with Gasteiger partial charge in [0.05, 0.1) is 32.6 Å². The highest BCUT2D eigenvalue weighted by Gasteiger charge is 2.14. The van der Waals surface area contributed by atoms with E-state index in [4.69, 9.17) is 14.2 Å². The molecule has 0 heterocycles. The number of hydrogen-bond acceptors (Lipinski definition) is 7. The number of phenols is 2. The van der Waals surface area contributed by atoms with E-state index in [1.165, 1.54) is 51.7 Å². The zero-order valence-electron chi connectivity index (χ0n) is 14.6. The number of rotatable bonds is 7. The van der Waals surface area contributed by atoms with Crippen LogP contribution in [0.25, 0.3) is 6.08 Å². The van der Waals surface area contributed by atoms with Gasteiger partial charge in [0, 0.05) is 17.5 Å². The van der Waals surface area contributed by atoms with E-state index in [0.717, 1.165) is 5.41 Å². The smallest absolute Gasteiger partial charge is 0.175 e. The van der Waals surface area contributed by atoms with Crippen LogP contribution in [0.4, 0.5) is 0 Å². The van der Waals surface area contributed by atoms with Crippen molar-refractivity contribution in [2.75, 3.05) is 21.3 Å². The summed E-state index contributed by atoms with van der Waals surface area (Å²) in [6, 6.07) is 7.11. The fourth-order valence-electron chi connectivity index (χ4n) is 2.37. The van der Waals surface area contributed by atoms with Gasteiger partial charge < -0.3 is 24.4 Å². The maximum atomic E-state index is 12.4. The van der Waals surface area contributed by atoms with E-state index in [1.807, 2.05) is 0 Å². The van der Waals surface area contributed by atoms with Crippen LogP contribution in [0.15, 0.2) is 35.7 Å². The van der Waals surface area contributed by atoms with E-state index in [2.05, 4.69) is 0 Å². The van der Waals surface area contributed by atoms with Crippen molar-refractivity contribution in [1.82, 2.24) is 0 Å². The van der Waals surface area contributed by atoms with Gasteiger partial charge in [-0.2, -0.15) is 0 Å². The van der Waals surface area contributed by atoms with Gasteiger partial charge in [-0.15, -0.1) is 0 Å². The monoisotopic (exact) mass is 380 g/mol. The Hall–Kier alpha value is -2.87. The fraction of sp³-hybridized carbons (Fsp3) is 0.222. The molecule has 0 atom stereocenters. The Bertz CT molecular complexity index is 892. The second kappa shape index (κ2) is 8.01. The summed E-state index contributed by atoms with van der Waals surface area (Å²) in [4.78, 5) is 0. The summed E-state index contributed by atoms with van der Waals surface area (Å²) in [6.45, 7) is 0. The van der Waals surface area contributed by atoms with Crippen molar-refractivity contribution >= 4 is 15.9 Å². The standard InChI is InChI=1S/C18H20O7S/c1-23-16-5-4-12(8-15(16)20)11-26(21,22)7-6-14-17(24-2)9-13(19)10-18(14)25-3/h4-10,19-20H,11H2,1-3H3/b7-6+. The average molecular weight is 380 g/mol. The normalized spacial score (nSPS) is 11.5. The van der Waals surface area contributed by atoms with Crippen molar-refractivity contribution in [3.05, 3.63) is 46.9 Å². The molecule has 7 nitrogen and oxygen atoms in total. The van der Waals surface area contributed by atoms with Crippen molar-refractivity contribution in [2.24, 2.45) is 0 Å². The molecule has 0 bridgehead atoms. The van der Waals surface area contributed by atoms with Crippen LogP contribution in [0.1, 0.15) is 11.1 Å². The van der Waals surface area contributed by atoms with Crippen molar-refractivity contribution in [3.63, 3.8) is 0 Å². The molecule has 0 fully saturated rings. The van der Waals surface area contributed by atoms with Crippen LogP contribution >= 0.6 is 0 Å². The quantitative estimate of drug-likeness (QED) is 0.761. The minimum absolute atomic E-state index is 0.0626. The molecule has 0 unspecified atom stereocenters. The molecule has 0 saturated carbocycles.